The van der Waals surface area contributed by atoms with Crippen LogP contribution >= 0.6 is 0 Å². The van der Waals surface area contributed by atoms with Crippen LogP contribution in [0.15, 0.2) is 79.0 Å². The van der Waals surface area contributed by atoms with Gasteiger partial charge in [-0.15, -0.1) is 0 Å². The Morgan fingerprint density at radius 3 is 2.54 bits per heavy atom. The van der Waals surface area contributed by atoms with Gasteiger partial charge in [-0.2, -0.15) is 0 Å². The Kier molecular flexibility index (Phi) is 4.03. The van der Waals surface area contributed by atoms with E-state index in [1.807, 2.05) is 77.3 Å². The van der Waals surface area contributed by atoms with E-state index < -0.39 is 4.92 Å². The Morgan fingerprint density at radius 1 is 0.923 bits per heavy atom. The standard InChI is InChI=1S/C21H15N3O2/c25-24(26)18-10-6-7-16(15-18)12-13-20-22-21(17-8-2-1-3-9-17)19-11-4-5-14-23(19)20/h1-15H. The molecule has 0 saturated carbocycles. The van der Waals surface area contributed by atoms with Gasteiger partial charge in [0.2, 0.25) is 0 Å². The Morgan fingerprint density at radius 2 is 1.73 bits per heavy atom. The van der Waals surface area contributed by atoms with Gasteiger partial charge in [0, 0.05) is 23.9 Å². The molecule has 4 rings (SSSR count). The lowest BCUT2D eigenvalue weighted by molar-refractivity contribution is -0.384. The van der Waals surface area contributed by atoms with Gasteiger partial charge >= 0.3 is 0 Å². The number of aromatic nitrogens is 2. The first-order valence-corrected chi connectivity index (χ1v) is 8.17. The van der Waals surface area contributed by atoms with E-state index in [-0.39, 0.29) is 5.69 Å². The molecule has 0 bridgehead atoms. The van der Waals surface area contributed by atoms with Crippen molar-refractivity contribution in [3.8, 4) is 11.3 Å². The molecular weight excluding hydrogens is 326 g/mol. The average molecular weight is 341 g/mol. The third kappa shape index (κ3) is 2.98. The van der Waals surface area contributed by atoms with Gasteiger partial charge in [-0.05, 0) is 23.8 Å². The maximum absolute atomic E-state index is 10.9. The first-order valence-electron chi connectivity index (χ1n) is 8.17. The Bertz CT molecular complexity index is 1110. The number of pyridine rings is 1. The SMILES string of the molecule is O=[N+]([O-])c1cccc(C=Cc2nc(-c3ccccc3)c3ccccn23)c1. The zero-order valence-electron chi connectivity index (χ0n) is 13.8. The highest BCUT2D eigenvalue weighted by molar-refractivity contribution is 5.80. The summed E-state index contributed by atoms with van der Waals surface area (Å²) in [5.74, 6) is 0.769. The molecule has 0 saturated heterocycles. The van der Waals surface area contributed by atoms with Crippen LogP contribution < -0.4 is 0 Å². The van der Waals surface area contributed by atoms with Gasteiger partial charge in [0.15, 0.2) is 0 Å². The minimum absolute atomic E-state index is 0.0742. The summed E-state index contributed by atoms with van der Waals surface area (Å²) in [5, 5.41) is 10.9. The summed E-state index contributed by atoms with van der Waals surface area (Å²) in [6, 6.07) is 22.5. The van der Waals surface area contributed by atoms with Crippen LogP contribution in [-0.4, -0.2) is 14.3 Å². The average Bonchev–Trinajstić information content (AvgIpc) is 3.06. The maximum atomic E-state index is 10.9. The Hall–Kier alpha value is -3.73. The van der Waals surface area contributed by atoms with Crippen LogP contribution in [-0.2, 0) is 0 Å². The fourth-order valence-electron chi connectivity index (χ4n) is 2.90. The van der Waals surface area contributed by atoms with E-state index >= 15 is 0 Å². The van der Waals surface area contributed by atoms with E-state index in [0.717, 1.165) is 28.2 Å². The Balaban J connectivity index is 1.78. The summed E-state index contributed by atoms with van der Waals surface area (Å²) in [5.41, 5.74) is 3.80. The second kappa shape index (κ2) is 6.64. The number of rotatable bonds is 4. The predicted octanol–water partition coefficient (Wildman–Crippen LogP) is 5.08. The van der Waals surface area contributed by atoms with Crippen molar-refractivity contribution >= 4 is 23.4 Å². The van der Waals surface area contributed by atoms with Crippen LogP contribution in [0.4, 0.5) is 5.69 Å². The van der Waals surface area contributed by atoms with Gasteiger partial charge in [-0.25, -0.2) is 4.98 Å². The first kappa shape index (κ1) is 15.8. The molecule has 0 N–H and O–H groups in total. The van der Waals surface area contributed by atoms with Crippen LogP contribution in [0, 0.1) is 10.1 Å². The molecule has 0 spiro atoms. The Labute approximate surface area is 150 Å². The number of hydrogen-bond donors (Lipinski definition) is 0. The van der Waals surface area contributed by atoms with E-state index in [4.69, 9.17) is 4.98 Å². The number of nitrogens with zero attached hydrogens (tertiary/aromatic N) is 3. The van der Waals surface area contributed by atoms with E-state index in [9.17, 15) is 10.1 Å². The minimum Gasteiger partial charge on any atom is -0.300 e. The van der Waals surface area contributed by atoms with Crippen molar-refractivity contribution < 1.29 is 4.92 Å². The van der Waals surface area contributed by atoms with Gasteiger partial charge in [0.05, 0.1) is 16.1 Å². The van der Waals surface area contributed by atoms with Gasteiger partial charge in [0.1, 0.15) is 5.82 Å². The number of benzene rings is 2. The summed E-state index contributed by atoms with van der Waals surface area (Å²) in [6.45, 7) is 0. The zero-order valence-corrected chi connectivity index (χ0v) is 13.8. The summed E-state index contributed by atoms with van der Waals surface area (Å²) in [6.07, 6.45) is 5.67. The van der Waals surface area contributed by atoms with Crippen LogP contribution in [0.3, 0.4) is 0 Å². The molecule has 0 radical (unpaired) electrons. The molecule has 0 aliphatic carbocycles. The monoisotopic (exact) mass is 341 g/mol. The molecule has 2 aromatic heterocycles. The number of nitro groups is 1. The molecule has 0 amide bonds. The molecule has 0 atom stereocenters. The number of nitro benzene ring substituents is 1. The summed E-state index contributed by atoms with van der Waals surface area (Å²) in [7, 11) is 0. The second-order valence-corrected chi connectivity index (χ2v) is 5.83. The number of fused-ring (bicyclic) bond motifs is 1. The minimum atomic E-state index is -0.393. The maximum Gasteiger partial charge on any atom is 0.270 e. The van der Waals surface area contributed by atoms with Crippen LogP contribution in [0.1, 0.15) is 11.4 Å². The molecule has 0 fully saturated rings. The molecule has 0 aliphatic heterocycles. The van der Waals surface area contributed by atoms with Gasteiger partial charge < -0.3 is 0 Å². The van der Waals surface area contributed by atoms with Crippen molar-refractivity contribution in [1.29, 1.82) is 0 Å². The van der Waals surface area contributed by atoms with Crippen LogP contribution in [0.2, 0.25) is 0 Å². The fourth-order valence-corrected chi connectivity index (χ4v) is 2.90. The van der Waals surface area contributed by atoms with Crippen LogP contribution in [0.25, 0.3) is 28.9 Å². The van der Waals surface area contributed by atoms with Crippen molar-refractivity contribution in [2.45, 2.75) is 0 Å². The summed E-state index contributed by atoms with van der Waals surface area (Å²) in [4.78, 5) is 15.3. The first-order chi connectivity index (χ1) is 12.7. The summed E-state index contributed by atoms with van der Waals surface area (Å²) >= 11 is 0. The molecule has 0 unspecified atom stereocenters. The molecule has 126 valence electrons. The topological polar surface area (TPSA) is 60.4 Å². The fraction of sp³-hybridized carbons (Fsp3) is 0. The zero-order chi connectivity index (χ0) is 17.9. The summed E-state index contributed by atoms with van der Waals surface area (Å²) < 4.78 is 2.01. The molecular formula is C21H15N3O2. The van der Waals surface area contributed by atoms with Crippen molar-refractivity contribution in [3.63, 3.8) is 0 Å². The van der Waals surface area contributed by atoms with Crippen molar-refractivity contribution in [2.75, 3.05) is 0 Å². The van der Waals surface area contributed by atoms with Crippen molar-refractivity contribution in [1.82, 2.24) is 9.38 Å². The highest BCUT2D eigenvalue weighted by Gasteiger charge is 2.10. The lowest BCUT2D eigenvalue weighted by atomic mass is 10.1. The predicted molar refractivity (Wildman–Crippen MR) is 103 cm³/mol. The van der Waals surface area contributed by atoms with Gasteiger partial charge in [0.25, 0.3) is 5.69 Å². The molecule has 5 heteroatoms. The molecule has 0 aliphatic rings. The van der Waals surface area contributed by atoms with Crippen molar-refractivity contribution in [3.05, 3.63) is 100 Å². The molecule has 26 heavy (non-hydrogen) atoms. The van der Waals surface area contributed by atoms with Gasteiger partial charge in [-0.1, -0.05) is 54.6 Å². The number of non-ortho nitro benzene ring substituents is 1. The molecule has 2 aromatic carbocycles. The lowest BCUT2D eigenvalue weighted by Crippen LogP contribution is -1.88. The van der Waals surface area contributed by atoms with E-state index in [1.54, 1.807) is 12.1 Å². The molecule has 4 aromatic rings. The number of hydrogen-bond acceptors (Lipinski definition) is 3. The van der Waals surface area contributed by atoms with E-state index in [2.05, 4.69) is 0 Å². The largest absolute Gasteiger partial charge is 0.300 e. The lowest BCUT2D eigenvalue weighted by Gasteiger charge is -1.98. The normalized spacial score (nSPS) is 11.2. The molecule has 5 nitrogen and oxygen atoms in total. The highest BCUT2D eigenvalue weighted by atomic mass is 16.6. The number of imidazole rings is 1. The third-order valence-electron chi connectivity index (χ3n) is 4.13. The smallest absolute Gasteiger partial charge is 0.270 e. The molecule has 2 heterocycles. The van der Waals surface area contributed by atoms with Gasteiger partial charge in [-0.3, -0.25) is 14.5 Å². The van der Waals surface area contributed by atoms with E-state index in [1.165, 1.54) is 6.07 Å². The quantitative estimate of drug-likeness (QED) is 0.384. The highest BCUT2D eigenvalue weighted by Crippen LogP contribution is 2.25. The van der Waals surface area contributed by atoms with E-state index in [0.29, 0.717) is 0 Å². The van der Waals surface area contributed by atoms with Crippen molar-refractivity contribution in [2.24, 2.45) is 0 Å². The second-order valence-electron chi connectivity index (χ2n) is 5.83. The third-order valence-corrected chi connectivity index (χ3v) is 4.13. The van der Waals surface area contributed by atoms with Crippen LogP contribution in [0.5, 0.6) is 0 Å².